The maximum absolute atomic E-state index is 2.58. The Morgan fingerprint density at radius 1 is 0.889 bits per heavy atom. The van der Waals surface area contributed by atoms with E-state index in [1.165, 1.54) is 44.9 Å². The quantitative estimate of drug-likeness (QED) is 0.406. The molecule has 0 aromatic carbocycles. The van der Waals surface area contributed by atoms with Gasteiger partial charge in [-0.25, -0.2) is 0 Å². The topological polar surface area (TPSA) is 0 Å². The van der Waals surface area contributed by atoms with Gasteiger partial charge in [0, 0.05) is 0 Å². The van der Waals surface area contributed by atoms with Crippen LogP contribution in [-0.4, -0.2) is 18.4 Å². The molecule has 0 atom stereocenters. The molecule has 1 aliphatic rings. The van der Waals surface area contributed by atoms with E-state index in [2.05, 4.69) is 39.0 Å². The van der Waals surface area contributed by atoms with E-state index in [-0.39, 0.29) is 0 Å². The van der Waals surface area contributed by atoms with Gasteiger partial charge in [-0.2, -0.15) is 0 Å². The second kappa shape index (κ2) is 9.23. The Balaban J connectivity index is 2.80. The van der Waals surface area contributed by atoms with Crippen molar-refractivity contribution in [3.05, 3.63) is 21.8 Å². The summed E-state index contributed by atoms with van der Waals surface area (Å²) >= 11 is -2.00. The van der Waals surface area contributed by atoms with Crippen LogP contribution in [0.5, 0.6) is 0 Å². The fourth-order valence-electron chi connectivity index (χ4n) is 3.20. The molecule has 0 fully saturated rings. The SMILES string of the molecule is CCC[CH2][Sn]([CH2]CCC)([CH2]CCC)[C]1=CCC=C1. The predicted octanol–water partition coefficient (Wildman–Crippen LogP) is 6.26. The van der Waals surface area contributed by atoms with Crippen molar-refractivity contribution in [1.82, 2.24) is 0 Å². The number of unbranched alkanes of at least 4 members (excludes halogenated alkanes) is 3. The van der Waals surface area contributed by atoms with E-state index >= 15 is 0 Å². The van der Waals surface area contributed by atoms with Gasteiger partial charge in [0.15, 0.2) is 0 Å². The van der Waals surface area contributed by atoms with Crippen LogP contribution in [0.2, 0.25) is 13.3 Å². The molecule has 18 heavy (non-hydrogen) atoms. The van der Waals surface area contributed by atoms with Gasteiger partial charge in [-0.1, -0.05) is 0 Å². The summed E-state index contributed by atoms with van der Waals surface area (Å²) in [4.78, 5) is 0. The van der Waals surface area contributed by atoms with E-state index in [1.54, 1.807) is 13.3 Å². The number of hydrogen-bond acceptors (Lipinski definition) is 0. The van der Waals surface area contributed by atoms with E-state index in [1.807, 2.05) is 3.59 Å². The van der Waals surface area contributed by atoms with Crippen LogP contribution in [-0.2, 0) is 0 Å². The summed E-state index contributed by atoms with van der Waals surface area (Å²) in [7, 11) is 0. The minimum atomic E-state index is -2.00. The Kier molecular flexibility index (Phi) is 8.37. The molecule has 0 amide bonds. The molecule has 104 valence electrons. The first kappa shape index (κ1) is 16.3. The van der Waals surface area contributed by atoms with Gasteiger partial charge in [0.2, 0.25) is 0 Å². The molecule has 1 aliphatic carbocycles. The Bertz CT molecular complexity index is 254. The molecule has 0 spiro atoms. The minimum absolute atomic E-state index is 1.22. The van der Waals surface area contributed by atoms with Crippen molar-refractivity contribution >= 4 is 18.4 Å². The summed E-state index contributed by atoms with van der Waals surface area (Å²) < 4.78 is 6.71. The summed E-state index contributed by atoms with van der Waals surface area (Å²) in [5.74, 6) is 0. The van der Waals surface area contributed by atoms with Gasteiger partial charge in [-0.15, -0.1) is 0 Å². The van der Waals surface area contributed by atoms with Crippen molar-refractivity contribution in [1.29, 1.82) is 0 Å². The predicted molar refractivity (Wildman–Crippen MR) is 86.7 cm³/mol. The second-order valence-corrected chi connectivity index (χ2v) is 19.1. The molecule has 1 heteroatoms. The van der Waals surface area contributed by atoms with Crippen molar-refractivity contribution in [2.75, 3.05) is 0 Å². The Hall–Kier alpha value is 0.279. The van der Waals surface area contributed by atoms with Crippen molar-refractivity contribution in [3.63, 3.8) is 0 Å². The van der Waals surface area contributed by atoms with Gasteiger partial charge >= 0.3 is 119 Å². The zero-order valence-corrected chi connectivity index (χ0v) is 15.7. The van der Waals surface area contributed by atoms with Gasteiger partial charge in [-0.05, 0) is 0 Å². The summed E-state index contributed by atoms with van der Waals surface area (Å²) in [5.41, 5.74) is 0. The Morgan fingerprint density at radius 3 is 1.72 bits per heavy atom. The van der Waals surface area contributed by atoms with E-state index < -0.39 is 18.4 Å². The van der Waals surface area contributed by atoms with E-state index in [0.717, 1.165) is 0 Å². The molecule has 0 heterocycles. The zero-order chi connectivity index (χ0) is 13.3. The van der Waals surface area contributed by atoms with E-state index in [4.69, 9.17) is 0 Å². The molecular formula is C17H32Sn. The Labute approximate surface area is 119 Å². The van der Waals surface area contributed by atoms with Crippen molar-refractivity contribution in [2.45, 2.75) is 79.0 Å². The first-order valence-electron chi connectivity index (χ1n) is 8.16. The van der Waals surface area contributed by atoms with Gasteiger partial charge in [-0.3, -0.25) is 0 Å². The standard InChI is InChI=1S/C5H5.3C4H9.Sn/c1-2-4-5-3-1;3*1-3-4-2;/h1-2,5H,3H2;3*1,3-4H2,2H3;. The molecule has 0 unspecified atom stereocenters. The average molecular weight is 355 g/mol. The van der Waals surface area contributed by atoms with Crippen molar-refractivity contribution in [3.8, 4) is 0 Å². The molecule has 0 N–H and O–H groups in total. The van der Waals surface area contributed by atoms with Crippen LogP contribution in [0.15, 0.2) is 21.8 Å². The van der Waals surface area contributed by atoms with Gasteiger partial charge < -0.3 is 0 Å². The van der Waals surface area contributed by atoms with Gasteiger partial charge in [0.1, 0.15) is 0 Å². The van der Waals surface area contributed by atoms with Crippen LogP contribution in [0.4, 0.5) is 0 Å². The van der Waals surface area contributed by atoms with Crippen LogP contribution in [0.1, 0.15) is 65.7 Å². The molecule has 0 aromatic rings. The van der Waals surface area contributed by atoms with Crippen molar-refractivity contribution < 1.29 is 0 Å². The maximum atomic E-state index is 2.58. The summed E-state index contributed by atoms with van der Waals surface area (Å²) in [5, 5.41) is 0. The monoisotopic (exact) mass is 356 g/mol. The number of hydrogen-bond donors (Lipinski definition) is 0. The number of allylic oxidation sites excluding steroid dienone is 4. The van der Waals surface area contributed by atoms with Crippen LogP contribution in [0.3, 0.4) is 0 Å². The third-order valence-electron chi connectivity index (χ3n) is 4.41. The summed E-state index contributed by atoms with van der Waals surface area (Å²) in [6.07, 6.45) is 17.3. The van der Waals surface area contributed by atoms with Crippen LogP contribution < -0.4 is 0 Å². The number of rotatable bonds is 10. The average Bonchev–Trinajstić information content (AvgIpc) is 2.93. The van der Waals surface area contributed by atoms with E-state index in [9.17, 15) is 0 Å². The molecule has 0 radical (unpaired) electrons. The Morgan fingerprint density at radius 2 is 1.39 bits per heavy atom. The molecule has 0 bridgehead atoms. The van der Waals surface area contributed by atoms with Crippen LogP contribution in [0, 0.1) is 0 Å². The third-order valence-corrected chi connectivity index (χ3v) is 20.2. The van der Waals surface area contributed by atoms with Gasteiger partial charge in [0.25, 0.3) is 0 Å². The summed E-state index contributed by atoms with van der Waals surface area (Å²) in [6.45, 7) is 7.07. The van der Waals surface area contributed by atoms with Crippen LogP contribution >= 0.6 is 0 Å². The molecular weight excluding hydrogens is 323 g/mol. The van der Waals surface area contributed by atoms with Crippen molar-refractivity contribution in [2.24, 2.45) is 0 Å². The van der Waals surface area contributed by atoms with Crippen LogP contribution in [0.25, 0.3) is 0 Å². The van der Waals surface area contributed by atoms with Gasteiger partial charge in [0.05, 0.1) is 0 Å². The first-order valence-corrected chi connectivity index (χ1v) is 15.6. The fraction of sp³-hybridized carbons (Fsp3) is 0.765. The van der Waals surface area contributed by atoms with E-state index in [0.29, 0.717) is 0 Å². The third kappa shape index (κ3) is 4.75. The molecule has 0 aliphatic heterocycles. The molecule has 1 rings (SSSR count). The zero-order valence-electron chi connectivity index (χ0n) is 12.8. The second-order valence-electron chi connectivity index (χ2n) is 5.89. The first-order chi connectivity index (χ1) is 8.79. The molecule has 0 saturated carbocycles. The molecule has 0 aromatic heterocycles. The fourth-order valence-corrected chi connectivity index (χ4v) is 19.6. The normalized spacial score (nSPS) is 15.2. The summed E-state index contributed by atoms with van der Waals surface area (Å²) in [6, 6.07) is 0. The molecule has 0 nitrogen and oxygen atoms in total. The molecule has 0 saturated heterocycles.